The van der Waals surface area contributed by atoms with Gasteiger partial charge in [0, 0.05) is 16.8 Å². The Kier molecular flexibility index (Phi) is 4.56. The van der Waals surface area contributed by atoms with Gasteiger partial charge in [0.1, 0.15) is 9.96 Å². The average Bonchev–Trinajstić information content (AvgIpc) is 3.22. The monoisotopic (exact) mass is 385 g/mol. The highest BCUT2D eigenvalue weighted by Gasteiger charge is 2.41. The van der Waals surface area contributed by atoms with Gasteiger partial charge in [-0.1, -0.05) is 30.3 Å². The van der Waals surface area contributed by atoms with Crippen molar-refractivity contribution >= 4 is 21.4 Å². The minimum absolute atomic E-state index is 0.0195. The zero-order valence-corrected chi connectivity index (χ0v) is 15.9. The molecular weight excluding hydrogens is 366 g/mol. The van der Waals surface area contributed by atoms with E-state index < -0.39 is 10.0 Å². The fraction of sp³-hybridized carbons (Fsp3) is 0.200. The molecule has 4 rings (SSSR count). The Bertz CT molecular complexity index is 995. The summed E-state index contributed by atoms with van der Waals surface area (Å²) in [6.07, 6.45) is 0.847. The number of benzene rings is 2. The van der Waals surface area contributed by atoms with Gasteiger partial charge in [-0.15, -0.1) is 11.3 Å². The minimum atomic E-state index is -3.49. The molecular formula is C20H19NO3S2. The fourth-order valence-corrected chi connectivity index (χ4v) is 5.64. The van der Waals surface area contributed by atoms with E-state index in [2.05, 4.69) is 4.72 Å². The number of sulfonamides is 1. The maximum absolute atomic E-state index is 12.7. The first-order chi connectivity index (χ1) is 12.6. The van der Waals surface area contributed by atoms with Crippen LogP contribution in [0.25, 0.3) is 10.4 Å². The van der Waals surface area contributed by atoms with E-state index in [1.165, 1.54) is 16.9 Å². The summed E-state index contributed by atoms with van der Waals surface area (Å²) >= 11 is 1.28. The molecule has 0 saturated heterocycles. The van der Waals surface area contributed by atoms with Gasteiger partial charge in [-0.2, -0.15) is 0 Å². The first-order valence-corrected chi connectivity index (χ1v) is 10.7. The van der Waals surface area contributed by atoms with Gasteiger partial charge in [0.2, 0.25) is 10.0 Å². The van der Waals surface area contributed by atoms with Crippen molar-refractivity contribution in [2.45, 2.75) is 22.6 Å². The number of nitrogens with one attached hydrogen (secondary N) is 1. The van der Waals surface area contributed by atoms with Crippen molar-refractivity contribution in [1.29, 1.82) is 0 Å². The maximum atomic E-state index is 12.7. The molecule has 3 aromatic rings. The van der Waals surface area contributed by atoms with Crippen LogP contribution in [0.4, 0.5) is 0 Å². The lowest BCUT2D eigenvalue weighted by Crippen LogP contribution is -2.26. The van der Waals surface area contributed by atoms with Crippen LogP contribution in [0.2, 0.25) is 0 Å². The average molecular weight is 386 g/mol. The van der Waals surface area contributed by atoms with Crippen LogP contribution in [0.3, 0.4) is 0 Å². The van der Waals surface area contributed by atoms with Gasteiger partial charge >= 0.3 is 0 Å². The lowest BCUT2D eigenvalue weighted by molar-refractivity contribution is 0.415. The summed E-state index contributed by atoms with van der Waals surface area (Å²) < 4.78 is 33.7. The molecule has 1 N–H and O–H groups in total. The zero-order chi connectivity index (χ0) is 18.1. The standard InChI is InChI=1S/C20H19NO3S2/c1-24-16-9-7-15(8-10-16)19-11-12-20(25-19)26(22,23)21-18-13-17(18)14-5-3-2-4-6-14/h2-12,17-18,21H,13H2,1H3/t17-,18+/m0/s1. The third-order valence-corrected chi connectivity index (χ3v) is 7.66. The summed E-state index contributed by atoms with van der Waals surface area (Å²) in [5.41, 5.74) is 2.16. The topological polar surface area (TPSA) is 55.4 Å². The second kappa shape index (κ2) is 6.87. The quantitative estimate of drug-likeness (QED) is 0.690. The summed E-state index contributed by atoms with van der Waals surface area (Å²) in [6.45, 7) is 0. The molecule has 0 spiro atoms. The second-order valence-electron chi connectivity index (χ2n) is 6.33. The van der Waals surface area contributed by atoms with Gasteiger partial charge in [0.05, 0.1) is 7.11 Å². The van der Waals surface area contributed by atoms with E-state index >= 15 is 0 Å². The van der Waals surface area contributed by atoms with Crippen molar-refractivity contribution < 1.29 is 13.2 Å². The van der Waals surface area contributed by atoms with E-state index in [9.17, 15) is 8.42 Å². The summed E-state index contributed by atoms with van der Waals surface area (Å²) in [7, 11) is -1.87. The summed E-state index contributed by atoms with van der Waals surface area (Å²) in [6, 6.07) is 21.1. The summed E-state index contributed by atoms with van der Waals surface area (Å²) in [5, 5.41) is 0. The zero-order valence-electron chi connectivity index (χ0n) is 14.3. The molecule has 1 fully saturated rings. The smallest absolute Gasteiger partial charge is 0.250 e. The SMILES string of the molecule is COc1ccc(-c2ccc(S(=O)(=O)N[C@@H]3C[C@H]3c3ccccc3)s2)cc1. The first kappa shape index (κ1) is 17.3. The fourth-order valence-electron chi connectivity index (χ4n) is 3.03. The van der Waals surface area contributed by atoms with Crippen LogP contribution in [0, 0.1) is 0 Å². The molecule has 1 aliphatic carbocycles. The van der Waals surface area contributed by atoms with Crippen molar-refractivity contribution in [2.75, 3.05) is 7.11 Å². The summed E-state index contributed by atoms with van der Waals surface area (Å²) in [4.78, 5) is 0.920. The minimum Gasteiger partial charge on any atom is -0.497 e. The Labute approximate surface area is 157 Å². The lowest BCUT2D eigenvalue weighted by atomic mass is 10.1. The van der Waals surface area contributed by atoms with Crippen LogP contribution in [0.15, 0.2) is 70.9 Å². The molecule has 26 heavy (non-hydrogen) atoms. The third-order valence-electron chi connectivity index (χ3n) is 4.55. The van der Waals surface area contributed by atoms with E-state index in [1.807, 2.05) is 60.7 Å². The van der Waals surface area contributed by atoms with Gasteiger partial charge in [0.25, 0.3) is 0 Å². The van der Waals surface area contributed by atoms with Gasteiger partial charge in [-0.3, -0.25) is 0 Å². The highest BCUT2D eigenvalue weighted by atomic mass is 32.2. The normalized spacial score (nSPS) is 19.3. The van der Waals surface area contributed by atoms with Crippen LogP contribution >= 0.6 is 11.3 Å². The van der Waals surface area contributed by atoms with Crippen molar-refractivity contribution in [3.63, 3.8) is 0 Å². The highest BCUT2D eigenvalue weighted by molar-refractivity contribution is 7.91. The van der Waals surface area contributed by atoms with Crippen LogP contribution in [0.5, 0.6) is 5.75 Å². The van der Waals surface area contributed by atoms with Crippen molar-refractivity contribution in [1.82, 2.24) is 4.72 Å². The van der Waals surface area contributed by atoms with Crippen molar-refractivity contribution in [3.8, 4) is 16.2 Å². The molecule has 4 nitrogen and oxygen atoms in total. The van der Waals surface area contributed by atoms with Crippen LogP contribution < -0.4 is 9.46 Å². The third kappa shape index (κ3) is 3.53. The Morgan fingerprint density at radius 3 is 2.42 bits per heavy atom. The molecule has 2 atom stereocenters. The number of thiophene rings is 1. The Morgan fingerprint density at radius 1 is 1.00 bits per heavy atom. The molecule has 0 bridgehead atoms. The Morgan fingerprint density at radius 2 is 1.73 bits per heavy atom. The van der Waals surface area contributed by atoms with E-state index in [0.717, 1.165) is 22.6 Å². The molecule has 6 heteroatoms. The number of methoxy groups -OCH3 is 1. The molecule has 1 heterocycles. The molecule has 0 unspecified atom stereocenters. The molecule has 1 saturated carbocycles. The van der Waals surface area contributed by atoms with Gasteiger partial charge < -0.3 is 4.74 Å². The van der Waals surface area contributed by atoms with E-state index in [4.69, 9.17) is 4.74 Å². The molecule has 2 aromatic carbocycles. The molecule has 134 valence electrons. The van der Waals surface area contributed by atoms with Crippen LogP contribution in [-0.4, -0.2) is 21.6 Å². The Hall–Kier alpha value is -2.15. The highest BCUT2D eigenvalue weighted by Crippen LogP contribution is 2.42. The predicted octanol–water partition coefficient (Wildman–Crippen LogP) is 4.26. The van der Waals surface area contributed by atoms with E-state index in [0.29, 0.717) is 4.21 Å². The predicted molar refractivity (Wildman–Crippen MR) is 104 cm³/mol. The molecule has 0 aliphatic heterocycles. The first-order valence-electron chi connectivity index (χ1n) is 8.38. The van der Waals surface area contributed by atoms with Crippen LogP contribution in [0.1, 0.15) is 17.9 Å². The largest absolute Gasteiger partial charge is 0.497 e. The van der Waals surface area contributed by atoms with Gasteiger partial charge in [-0.25, -0.2) is 13.1 Å². The van der Waals surface area contributed by atoms with Crippen molar-refractivity contribution in [2.24, 2.45) is 0 Å². The van der Waals surface area contributed by atoms with Gasteiger partial charge in [0.15, 0.2) is 0 Å². The maximum Gasteiger partial charge on any atom is 0.250 e. The number of ether oxygens (including phenoxy) is 1. The number of rotatable bonds is 6. The van der Waals surface area contributed by atoms with Gasteiger partial charge in [-0.05, 0) is 53.9 Å². The Balaban J connectivity index is 1.48. The van der Waals surface area contributed by atoms with E-state index in [1.54, 1.807) is 13.2 Å². The number of hydrogen-bond acceptors (Lipinski definition) is 4. The molecule has 0 amide bonds. The molecule has 1 aromatic heterocycles. The van der Waals surface area contributed by atoms with Crippen molar-refractivity contribution in [3.05, 3.63) is 72.3 Å². The van der Waals surface area contributed by atoms with E-state index in [-0.39, 0.29) is 12.0 Å². The summed E-state index contributed by atoms with van der Waals surface area (Å²) in [5.74, 6) is 1.05. The second-order valence-corrected chi connectivity index (χ2v) is 9.35. The molecule has 1 aliphatic rings. The van der Waals surface area contributed by atoms with Crippen LogP contribution in [-0.2, 0) is 10.0 Å². The molecule has 0 radical (unpaired) electrons. The number of hydrogen-bond donors (Lipinski definition) is 1. The lowest BCUT2D eigenvalue weighted by Gasteiger charge is -2.04.